The third kappa shape index (κ3) is 38.8. The lowest BCUT2D eigenvalue weighted by Crippen LogP contribution is -2.46. The fourth-order valence-corrected chi connectivity index (χ4v) is 9.84. The molecule has 0 spiro atoms. The summed E-state index contributed by atoms with van der Waals surface area (Å²) < 4.78 is 16.8. The highest BCUT2D eigenvalue weighted by molar-refractivity contribution is 7.06. The molecule has 9 nitrogen and oxygen atoms in total. The lowest BCUT2D eigenvalue weighted by molar-refractivity contribution is -0.145. The molecule has 0 saturated heterocycles. The van der Waals surface area contributed by atoms with Crippen LogP contribution in [0.5, 0.6) is 0 Å². The topological polar surface area (TPSA) is 102 Å². The van der Waals surface area contributed by atoms with Crippen LogP contribution in [-0.4, -0.2) is 100 Å². The summed E-state index contributed by atoms with van der Waals surface area (Å²) in [7, 11) is -2.06. The Balaban J connectivity index is 5.19. The van der Waals surface area contributed by atoms with Gasteiger partial charge in [0.1, 0.15) is 13.5 Å². The lowest BCUT2D eigenvalue weighted by Gasteiger charge is -2.35. The van der Waals surface area contributed by atoms with Gasteiger partial charge in [-0.25, -0.2) is 0 Å². The maximum atomic E-state index is 13.4. The minimum Gasteiger partial charge on any atom is -0.466 e. The van der Waals surface area contributed by atoms with Crippen LogP contribution >= 0.6 is 0 Å². The van der Waals surface area contributed by atoms with Crippen LogP contribution in [0.3, 0.4) is 0 Å². The number of ether oxygens (including phenoxy) is 3. The summed E-state index contributed by atoms with van der Waals surface area (Å²) in [5.41, 5.74) is 0. The molecule has 0 unspecified atom stereocenters. The average Bonchev–Trinajstić information content (AvgIpc) is 3.26. The van der Waals surface area contributed by atoms with Crippen molar-refractivity contribution in [3.8, 4) is 0 Å². The van der Waals surface area contributed by atoms with Crippen LogP contribution in [0, 0.1) is 0 Å². The Labute approximate surface area is 403 Å². The molecule has 0 saturated carbocycles. The molecule has 0 radical (unpaired) electrons. The molecule has 0 rings (SSSR count). The minimum absolute atomic E-state index is 0.0240. The van der Waals surface area contributed by atoms with Gasteiger partial charge < -0.3 is 28.8 Å². The van der Waals surface area contributed by atoms with E-state index in [0.29, 0.717) is 50.9 Å². The zero-order valence-electron chi connectivity index (χ0n) is 44.5. The van der Waals surface area contributed by atoms with Gasteiger partial charge in [-0.1, -0.05) is 189 Å². The molecule has 0 aliphatic carbocycles. The zero-order chi connectivity index (χ0) is 48.3. The van der Waals surface area contributed by atoms with Crippen molar-refractivity contribution in [2.24, 2.45) is 0 Å². The molecule has 10 heteroatoms. The molecule has 65 heavy (non-hydrogen) atoms. The fraction of sp³-hybridized carbons (Fsp3) is 0.927. The Kier molecular flexibility index (Phi) is 42.3. The molecule has 0 fully saturated rings. The van der Waals surface area contributed by atoms with Gasteiger partial charge in [-0.05, 0) is 95.7 Å². The molecule has 0 aromatic carbocycles. The van der Waals surface area contributed by atoms with Crippen molar-refractivity contribution >= 4 is 31.4 Å². The summed E-state index contributed by atoms with van der Waals surface area (Å²) in [5, 5.41) is 0.462. The molecule has 0 aliphatic rings. The maximum absolute atomic E-state index is 13.4. The Bertz CT molecular complexity index is 1100. The maximum Gasteiger partial charge on any atom is 0.305 e. The minimum atomic E-state index is -2.06. The van der Waals surface area contributed by atoms with Crippen LogP contribution in [0.15, 0.2) is 0 Å². The van der Waals surface area contributed by atoms with E-state index in [9.17, 15) is 19.2 Å². The van der Waals surface area contributed by atoms with E-state index in [0.717, 1.165) is 110 Å². The number of hydrogen-bond acceptors (Lipinski definition) is 9. The molecule has 0 N–H and O–H groups in total. The standard InChI is InChI=1S/C55H108N2O7Si/c1-9-12-15-18-21-24-27-30-48-62-51(58)38-33-42-56(43-34-39-52(59)63-49-31-28-25-22-19-16-13-10-2)46-37-47-57(45-36-41-54(61)65(7,8)55(4,5)6)44-35-40-53(60)64-50-32-29-26-23-20-17-14-11-3/h9-50H2,1-8H3. The van der Waals surface area contributed by atoms with Gasteiger partial charge >= 0.3 is 17.9 Å². The van der Waals surface area contributed by atoms with Crippen LogP contribution in [0.25, 0.3) is 0 Å². The molecule has 0 aromatic heterocycles. The Morgan fingerprint density at radius 3 is 0.877 bits per heavy atom. The van der Waals surface area contributed by atoms with Gasteiger partial charge in [0.2, 0.25) is 0 Å². The molecule has 0 aliphatic heterocycles. The monoisotopic (exact) mass is 937 g/mol. The molecule has 0 amide bonds. The van der Waals surface area contributed by atoms with Crippen molar-refractivity contribution in [3.05, 3.63) is 0 Å². The second-order valence-corrected chi connectivity index (χ2v) is 26.1. The van der Waals surface area contributed by atoms with Gasteiger partial charge in [0, 0.05) is 25.7 Å². The third-order valence-electron chi connectivity index (χ3n) is 13.7. The Morgan fingerprint density at radius 1 is 0.354 bits per heavy atom. The highest BCUT2D eigenvalue weighted by Crippen LogP contribution is 2.37. The number of unbranched alkanes of at least 4 members (excludes halogenated alkanes) is 21. The molecule has 0 heterocycles. The van der Waals surface area contributed by atoms with Crippen molar-refractivity contribution < 1.29 is 33.4 Å². The Hall–Kier alpha value is -1.78. The summed E-state index contributed by atoms with van der Waals surface area (Å²) in [4.78, 5) is 56.2. The molecule has 0 bridgehead atoms. The van der Waals surface area contributed by atoms with E-state index in [4.69, 9.17) is 14.2 Å². The predicted molar refractivity (Wildman–Crippen MR) is 277 cm³/mol. The quantitative estimate of drug-likeness (QED) is 0.0255. The van der Waals surface area contributed by atoms with E-state index >= 15 is 0 Å². The molecule has 0 atom stereocenters. The van der Waals surface area contributed by atoms with Gasteiger partial charge in [-0.15, -0.1) is 0 Å². The fourth-order valence-electron chi connectivity index (χ4n) is 8.21. The van der Waals surface area contributed by atoms with Crippen LogP contribution in [-0.2, 0) is 33.4 Å². The van der Waals surface area contributed by atoms with Crippen molar-refractivity contribution in [3.63, 3.8) is 0 Å². The van der Waals surface area contributed by atoms with Crippen molar-refractivity contribution in [1.29, 1.82) is 0 Å². The normalized spacial score (nSPS) is 12.0. The van der Waals surface area contributed by atoms with Crippen LogP contribution in [0.4, 0.5) is 0 Å². The van der Waals surface area contributed by atoms with Gasteiger partial charge in [0.05, 0.1) is 19.8 Å². The van der Waals surface area contributed by atoms with E-state index in [1.807, 2.05) is 0 Å². The predicted octanol–water partition coefficient (Wildman–Crippen LogP) is 14.8. The van der Waals surface area contributed by atoms with Crippen molar-refractivity contribution in [2.45, 2.75) is 272 Å². The molecular formula is C55H108N2O7Si. The molecule has 0 aromatic rings. The summed E-state index contributed by atoms with van der Waals surface area (Å²) in [6.45, 7) is 24.1. The number of carbonyl (C=O) groups is 4. The van der Waals surface area contributed by atoms with E-state index in [-0.39, 0.29) is 22.9 Å². The SMILES string of the molecule is CCCCCCCCCCOC(=O)CCCN(CCCC(=O)OCCCCCCCCCC)CCCN(CCCC(=O)OCCCCCCCCCC)CCCC(=O)[Si](C)(C)C(C)(C)C. The van der Waals surface area contributed by atoms with Gasteiger partial charge in [0.25, 0.3) is 0 Å². The van der Waals surface area contributed by atoms with E-state index in [1.165, 1.54) is 116 Å². The highest BCUT2D eigenvalue weighted by Gasteiger charge is 2.41. The van der Waals surface area contributed by atoms with Gasteiger partial charge in [-0.2, -0.15) is 0 Å². The second kappa shape index (κ2) is 43.5. The van der Waals surface area contributed by atoms with Gasteiger partial charge in [0.15, 0.2) is 0 Å². The summed E-state index contributed by atoms with van der Waals surface area (Å²) >= 11 is 0. The van der Waals surface area contributed by atoms with Crippen LogP contribution in [0.2, 0.25) is 18.1 Å². The summed E-state index contributed by atoms with van der Waals surface area (Å²) in [6.07, 6.45) is 34.9. The summed E-state index contributed by atoms with van der Waals surface area (Å²) in [6, 6.07) is 0. The number of hydrogen-bond donors (Lipinski definition) is 0. The first kappa shape index (κ1) is 63.2. The number of carbonyl (C=O) groups excluding carboxylic acids is 4. The number of nitrogens with zero attached hydrogens (tertiary/aromatic N) is 2. The first-order valence-corrected chi connectivity index (χ1v) is 30.7. The molecule has 384 valence electrons. The number of rotatable bonds is 48. The highest BCUT2D eigenvalue weighted by atomic mass is 28.3. The second-order valence-electron chi connectivity index (χ2n) is 20.8. The van der Waals surface area contributed by atoms with Crippen molar-refractivity contribution in [1.82, 2.24) is 9.80 Å². The number of esters is 3. The van der Waals surface area contributed by atoms with E-state index < -0.39 is 8.07 Å². The molecular weight excluding hydrogens is 829 g/mol. The third-order valence-corrected chi connectivity index (χ3v) is 19.1. The lowest BCUT2D eigenvalue weighted by atomic mass is 10.1. The zero-order valence-corrected chi connectivity index (χ0v) is 45.5. The summed E-state index contributed by atoms with van der Waals surface area (Å²) in [5.74, 6) is -0.348. The van der Waals surface area contributed by atoms with E-state index in [1.54, 1.807) is 0 Å². The van der Waals surface area contributed by atoms with E-state index in [2.05, 4.69) is 64.4 Å². The average molecular weight is 938 g/mol. The van der Waals surface area contributed by atoms with Crippen molar-refractivity contribution in [2.75, 3.05) is 59.1 Å². The van der Waals surface area contributed by atoms with Gasteiger partial charge in [-0.3, -0.25) is 14.4 Å². The largest absolute Gasteiger partial charge is 0.466 e. The Morgan fingerprint density at radius 2 is 0.600 bits per heavy atom. The smallest absolute Gasteiger partial charge is 0.305 e. The first-order valence-electron chi connectivity index (χ1n) is 27.7. The van der Waals surface area contributed by atoms with Crippen LogP contribution < -0.4 is 0 Å². The van der Waals surface area contributed by atoms with Crippen LogP contribution in [0.1, 0.15) is 253 Å². The first-order chi connectivity index (χ1) is 31.3.